The lowest BCUT2D eigenvalue weighted by Gasteiger charge is -2.31. The Kier molecular flexibility index (Phi) is 7.39. The van der Waals surface area contributed by atoms with Gasteiger partial charge in [0.05, 0.1) is 18.1 Å². The van der Waals surface area contributed by atoms with Crippen LogP contribution in [0.1, 0.15) is 25.1 Å². The Hall–Kier alpha value is -4.33. The van der Waals surface area contributed by atoms with Crippen LogP contribution >= 0.6 is 0 Å². The molecule has 13 nitrogen and oxygen atoms in total. The van der Waals surface area contributed by atoms with Crippen LogP contribution in [-0.4, -0.2) is 89.3 Å². The van der Waals surface area contributed by atoms with E-state index in [0.717, 1.165) is 49.4 Å². The number of hydrogen-bond donors (Lipinski definition) is 3. The highest BCUT2D eigenvalue weighted by molar-refractivity contribution is 5.93. The van der Waals surface area contributed by atoms with Gasteiger partial charge < -0.3 is 24.8 Å². The van der Waals surface area contributed by atoms with Gasteiger partial charge in [-0.05, 0) is 38.6 Å². The van der Waals surface area contributed by atoms with Gasteiger partial charge in [-0.25, -0.2) is 15.0 Å². The molecule has 214 valence electrons. The maximum Gasteiger partial charge on any atom is 0.277 e. The molecule has 1 unspecified atom stereocenters. The molecule has 3 N–H and O–H groups in total. The summed E-state index contributed by atoms with van der Waals surface area (Å²) in [7, 11) is 3.79. The average Bonchev–Trinajstić information content (AvgIpc) is 3.67. The highest BCUT2D eigenvalue weighted by Gasteiger charge is 2.21. The minimum Gasteiger partial charge on any atom is -0.458 e. The van der Waals surface area contributed by atoms with Crippen LogP contribution in [0.5, 0.6) is 0 Å². The van der Waals surface area contributed by atoms with Crippen molar-refractivity contribution in [3.63, 3.8) is 0 Å². The molecule has 6 rings (SSSR count). The van der Waals surface area contributed by atoms with Crippen LogP contribution in [0, 0.1) is 0 Å². The van der Waals surface area contributed by atoms with Gasteiger partial charge in [0.1, 0.15) is 28.7 Å². The summed E-state index contributed by atoms with van der Waals surface area (Å²) >= 11 is 0. The molecule has 0 amide bonds. The van der Waals surface area contributed by atoms with E-state index in [1.807, 2.05) is 29.8 Å². The first kappa shape index (κ1) is 26.9. The van der Waals surface area contributed by atoms with Gasteiger partial charge in [0.15, 0.2) is 11.6 Å². The summed E-state index contributed by atoms with van der Waals surface area (Å²) in [6, 6.07) is 7.55. The molecule has 0 aliphatic carbocycles. The molecule has 13 heteroatoms. The first-order valence-electron chi connectivity index (χ1n) is 13.7. The molecule has 1 aliphatic heterocycles. The number of aromatic nitrogens is 7. The molecule has 0 radical (unpaired) electrons. The molecule has 0 aromatic carbocycles. The zero-order chi connectivity index (χ0) is 28.5. The molecule has 6 heterocycles. The number of rotatable bonds is 9. The van der Waals surface area contributed by atoms with E-state index in [-0.39, 0.29) is 18.2 Å². The largest absolute Gasteiger partial charge is 0.458 e. The van der Waals surface area contributed by atoms with Crippen molar-refractivity contribution in [2.45, 2.75) is 25.9 Å². The second kappa shape index (κ2) is 11.3. The van der Waals surface area contributed by atoms with Gasteiger partial charge >= 0.3 is 0 Å². The van der Waals surface area contributed by atoms with Crippen LogP contribution in [0.25, 0.3) is 33.7 Å². The highest BCUT2D eigenvalue weighted by atomic mass is 16.3. The minimum absolute atomic E-state index is 0.0479. The molecule has 1 atom stereocenters. The molecule has 1 aliphatic rings. The van der Waals surface area contributed by atoms with Gasteiger partial charge in [-0.15, -0.1) is 0 Å². The van der Waals surface area contributed by atoms with E-state index in [1.165, 1.54) is 4.68 Å². The Morgan fingerprint density at radius 2 is 1.95 bits per heavy atom. The molecule has 0 spiro atoms. The van der Waals surface area contributed by atoms with Gasteiger partial charge in [-0.1, -0.05) is 0 Å². The number of piperazine rings is 1. The van der Waals surface area contributed by atoms with Crippen LogP contribution in [0.2, 0.25) is 0 Å². The SMILES string of the molecule is CC(CCO)n1nc(-c2ccc(CN3CCN(C)CC3)o2)c2cnc(Nc3ccnc(-c4c[nH]n(C)c4=O)n3)cc21. The first-order chi connectivity index (χ1) is 19.9. The Bertz CT molecular complexity index is 1710. The van der Waals surface area contributed by atoms with Crippen LogP contribution < -0.4 is 10.9 Å². The molecular weight excluding hydrogens is 524 g/mol. The first-order valence-corrected chi connectivity index (χ1v) is 13.7. The highest BCUT2D eigenvalue weighted by Crippen LogP contribution is 2.33. The molecule has 1 saturated heterocycles. The van der Waals surface area contributed by atoms with E-state index in [2.05, 4.69) is 42.2 Å². The van der Waals surface area contributed by atoms with E-state index in [1.54, 1.807) is 31.7 Å². The Labute approximate surface area is 236 Å². The summed E-state index contributed by atoms with van der Waals surface area (Å²) in [4.78, 5) is 30.5. The third-order valence-corrected chi connectivity index (χ3v) is 7.52. The van der Waals surface area contributed by atoms with Gasteiger partial charge in [-0.3, -0.25) is 19.1 Å². The van der Waals surface area contributed by atoms with Crippen molar-refractivity contribution in [2.24, 2.45) is 7.05 Å². The third-order valence-electron chi connectivity index (χ3n) is 7.52. The van der Waals surface area contributed by atoms with E-state index in [9.17, 15) is 9.90 Å². The third kappa shape index (κ3) is 5.51. The number of fused-ring (bicyclic) bond motifs is 1. The summed E-state index contributed by atoms with van der Waals surface area (Å²) in [5.74, 6) is 2.96. The van der Waals surface area contributed by atoms with Crippen LogP contribution in [0.4, 0.5) is 11.6 Å². The molecule has 0 bridgehead atoms. The number of nitrogens with one attached hydrogen (secondary N) is 2. The van der Waals surface area contributed by atoms with Crippen LogP contribution in [0.3, 0.4) is 0 Å². The topological polar surface area (TPSA) is 146 Å². The summed E-state index contributed by atoms with van der Waals surface area (Å²) in [5, 5.41) is 21.5. The number of furan rings is 1. The standard InChI is InChI=1S/C28H34N10O3/c1-18(7-13-39)38-22-14-25(32-24-6-8-29-27(33-24)21-16-31-36(3)28(21)40)30-15-20(22)26(34-38)23-5-4-19(41-23)17-37-11-9-35(2)10-12-37/h4-6,8,14-16,18,31,39H,7,9-13,17H2,1-3H3,(H,29,30,32,33). The lowest BCUT2D eigenvalue weighted by Crippen LogP contribution is -2.43. The molecular formula is C28H34N10O3. The number of nitrogens with zero attached hydrogens (tertiary/aromatic N) is 8. The normalized spacial score (nSPS) is 15.5. The molecule has 1 fully saturated rings. The van der Waals surface area contributed by atoms with Crippen molar-refractivity contribution in [3.8, 4) is 22.8 Å². The van der Waals surface area contributed by atoms with E-state index in [0.29, 0.717) is 40.9 Å². The minimum atomic E-state index is -0.208. The second-order valence-corrected chi connectivity index (χ2v) is 10.5. The fraction of sp³-hybridized carbons (Fsp3) is 0.393. The van der Waals surface area contributed by atoms with E-state index < -0.39 is 0 Å². The Balaban J connectivity index is 1.30. The predicted octanol–water partition coefficient (Wildman–Crippen LogP) is 2.61. The number of likely N-dealkylation sites (N-methyl/N-ethyl adjacent to an activating group) is 1. The predicted molar refractivity (Wildman–Crippen MR) is 155 cm³/mol. The fourth-order valence-electron chi connectivity index (χ4n) is 5.06. The van der Waals surface area contributed by atoms with Gasteiger partial charge in [0.2, 0.25) is 0 Å². The van der Waals surface area contributed by atoms with Crippen molar-refractivity contribution < 1.29 is 9.52 Å². The Morgan fingerprint density at radius 3 is 2.71 bits per heavy atom. The monoisotopic (exact) mass is 558 g/mol. The maximum absolute atomic E-state index is 12.4. The van der Waals surface area contributed by atoms with E-state index in [4.69, 9.17) is 9.52 Å². The zero-order valence-corrected chi connectivity index (χ0v) is 23.4. The number of anilines is 2. The lowest BCUT2D eigenvalue weighted by atomic mass is 10.2. The fourth-order valence-corrected chi connectivity index (χ4v) is 5.06. The van der Waals surface area contributed by atoms with Crippen molar-refractivity contribution in [2.75, 3.05) is 45.2 Å². The summed E-state index contributed by atoms with van der Waals surface area (Å²) in [6.07, 6.45) is 5.50. The quantitative estimate of drug-likeness (QED) is 0.247. The summed E-state index contributed by atoms with van der Waals surface area (Å²) in [6.45, 7) is 6.95. The van der Waals surface area contributed by atoms with Crippen molar-refractivity contribution >= 4 is 22.5 Å². The van der Waals surface area contributed by atoms with Crippen molar-refractivity contribution in [1.29, 1.82) is 0 Å². The number of aromatic amines is 1. The summed E-state index contributed by atoms with van der Waals surface area (Å²) in [5.41, 5.74) is 1.73. The van der Waals surface area contributed by atoms with E-state index >= 15 is 0 Å². The van der Waals surface area contributed by atoms with Crippen molar-refractivity contribution in [3.05, 3.63) is 59.0 Å². The summed E-state index contributed by atoms with van der Waals surface area (Å²) < 4.78 is 9.56. The van der Waals surface area contributed by atoms with Gasteiger partial charge in [0, 0.05) is 69.9 Å². The average molecular weight is 559 g/mol. The number of aliphatic hydroxyl groups is 1. The zero-order valence-electron chi connectivity index (χ0n) is 23.4. The number of aryl methyl sites for hydroxylation is 1. The molecule has 0 saturated carbocycles. The van der Waals surface area contributed by atoms with Crippen LogP contribution in [-0.2, 0) is 13.6 Å². The van der Waals surface area contributed by atoms with Crippen molar-refractivity contribution in [1.82, 2.24) is 44.3 Å². The van der Waals surface area contributed by atoms with Crippen LogP contribution in [0.15, 0.2) is 52.1 Å². The number of hydrogen-bond acceptors (Lipinski definition) is 10. The Morgan fingerprint density at radius 1 is 1.12 bits per heavy atom. The number of H-pyrrole nitrogens is 1. The van der Waals surface area contributed by atoms with Gasteiger partial charge in [0.25, 0.3) is 5.56 Å². The molecule has 5 aromatic rings. The molecule has 41 heavy (non-hydrogen) atoms. The smallest absolute Gasteiger partial charge is 0.277 e. The number of aliphatic hydroxyl groups excluding tert-OH is 1. The maximum atomic E-state index is 12.4. The second-order valence-electron chi connectivity index (χ2n) is 10.5. The molecule has 5 aromatic heterocycles. The van der Waals surface area contributed by atoms with Gasteiger partial charge in [-0.2, -0.15) is 5.10 Å². The lowest BCUT2D eigenvalue weighted by molar-refractivity contribution is 0.140. The number of pyridine rings is 1.